The van der Waals surface area contributed by atoms with Crippen molar-refractivity contribution >= 4 is 23.5 Å². The molecule has 2 aromatic rings. The number of anilines is 2. The number of nitrogens with zero attached hydrogens (tertiary/aromatic N) is 3. The molecule has 2 aliphatic rings. The van der Waals surface area contributed by atoms with Crippen molar-refractivity contribution in [3.63, 3.8) is 0 Å². The smallest absolute Gasteiger partial charge is 0.423 e. The number of amides is 2. The van der Waals surface area contributed by atoms with Gasteiger partial charge in [-0.1, -0.05) is 12.6 Å². The lowest BCUT2D eigenvalue weighted by Gasteiger charge is -2.35. The largest absolute Gasteiger partial charge is 0.480 e. The molecule has 2 amide bonds. The van der Waals surface area contributed by atoms with Gasteiger partial charge >= 0.3 is 6.18 Å². The van der Waals surface area contributed by atoms with E-state index in [1.54, 1.807) is 12.1 Å². The summed E-state index contributed by atoms with van der Waals surface area (Å²) in [6, 6.07) is 5.08. The summed E-state index contributed by atoms with van der Waals surface area (Å²) in [6.45, 7) is 3.88. The SMILES string of the molecule is C=CC(=O)Nc1ccc2c(c1)C(=O)N([C@H]1CCC[C@@H](Nc3ncc(C(F)(F)F)c(OC)n3)C1)C2. The first-order chi connectivity index (χ1) is 16.2. The molecule has 2 N–H and O–H groups in total. The third-order valence-electron chi connectivity index (χ3n) is 6.07. The highest BCUT2D eigenvalue weighted by molar-refractivity contribution is 6.02. The zero-order valence-corrected chi connectivity index (χ0v) is 18.5. The van der Waals surface area contributed by atoms with E-state index >= 15 is 0 Å². The average molecular weight is 475 g/mol. The number of fused-ring (bicyclic) bond motifs is 1. The molecule has 0 bridgehead atoms. The highest BCUT2D eigenvalue weighted by Crippen LogP contribution is 2.36. The molecule has 180 valence electrons. The molecular formula is C23H24F3N5O3. The number of hydrogen-bond donors (Lipinski definition) is 2. The molecule has 2 atom stereocenters. The number of aromatic nitrogens is 2. The number of hydrogen-bond acceptors (Lipinski definition) is 6. The fourth-order valence-corrected chi connectivity index (χ4v) is 4.44. The van der Waals surface area contributed by atoms with E-state index in [0.717, 1.165) is 38.0 Å². The van der Waals surface area contributed by atoms with Crippen LogP contribution in [0.4, 0.5) is 24.8 Å². The molecule has 1 aromatic carbocycles. The third kappa shape index (κ3) is 4.82. The van der Waals surface area contributed by atoms with E-state index in [0.29, 0.717) is 30.4 Å². The van der Waals surface area contributed by atoms with Gasteiger partial charge in [-0.05, 0) is 49.5 Å². The van der Waals surface area contributed by atoms with Gasteiger partial charge in [-0.25, -0.2) is 4.98 Å². The quantitative estimate of drug-likeness (QED) is 0.613. The molecule has 8 nitrogen and oxygen atoms in total. The topological polar surface area (TPSA) is 96.5 Å². The van der Waals surface area contributed by atoms with Crippen LogP contribution < -0.4 is 15.4 Å². The van der Waals surface area contributed by atoms with Crippen LogP contribution in [0.1, 0.15) is 47.2 Å². The lowest BCUT2D eigenvalue weighted by Crippen LogP contribution is -2.42. The lowest BCUT2D eigenvalue weighted by molar-refractivity contribution is -0.139. The van der Waals surface area contributed by atoms with Crippen LogP contribution in [-0.2, 0) is 17.5 Å². The number of halogens is 3. The summed E-state index contributed by atoms with van der Waals surface area (Å²) in [4.78, 5) is 34.2. The van der Waals surface area contributed by atoms with Crippen LogP contribution in [0.2, 0.25) is 0 Å². The minimum atomic E-state index is -4.61. The summed E-state index contributed by atoms with van der Waals surface area (Å²) < 4.78 is 44.0. The fourth-order valence-electron chi connectivity index (χ4n) is 4.44. The highest BCUT2D eigenvalue weighted by atomic mass is 19.4. The molecule has 4 rings (SSSR count). The maximum absolute atomic E-state index is 13.1. The molecule has 1 aliphatic heterocycles. The zero-order valence-electron chi connectivity index (χ0n) is 18.5. The number of alkyl halides is 3. The molecule has 1 fully saturated rings. The van der Waals surface area contributed by atoms with Crippen LogP contribution in [0.15, 0.2) is 37.1 Å². The Balaban J connectivity index is 1.44. The van der Waals surface area contributed by atoms with Crippen molar-refractivity contribution in [3.05, 3.63) is 53.7 Å². The standard InChI is InChI=1S/C23H24F3N5O3/c1-3-19(32)28-15-8-7-13-12-31(21(33)17(13)10-15)16-6-4-5-14(9-16)29-22-27-11-18(23(24,25)26)20(30-22)34-2/h3,7-8,10-11,14,16H,1,4-6,9,12H2,2H3,(H,28,32)(H,27,29,30)/t14-,16+/m1/s1. The van der Waals surface area contributed by atoms with E-state index in [9.17, 15) is 22.8 Å². The van der Waals surface area contributed by atoms with Gasteiger partial charge in [-0.15, -0.1) is 0 Å². The number of benzene rings is 1. The Kier molecular flexibility index (Phi) is 6.45. The van der Waals surface area contributed by atoms with E-state index in [1.165, 1.54) is 0 Å². The van der Waals surface area contributed by atoms with Gasteiger partial charge in [-0.2, -0.15) is 18.2 Å². The van der Waals surface area contributed by atoms with E-state index in [-0.39, 0.29) is 29.8 Å². The molecule has 0 radical (unpaired) electrons. The molecule has 0 saturated heterocycles. The molecule has 2 heterocycles. The van der Waals surface area contributed by atoms with Gasteiger partial charge in [0.1, 0.15) is 5.56 Å². The normalized spacial score (nSPS) is 20.0. The van der Waals surface area contributed by atoms with Crippen molar-refractivity contribution in [2.45, 2.75) is 50.5 Å². The molecule has 1 aromatic heterocycles. The first kappa shape index (κ1) is 23.5. The summed E-state index contributed by atoms with van der Waals surface area (Å²) in [5, 5.41) is 5.76. The second kappa shape index (κ2) is 9.32. The maximum Gasteiger partial charge on any atom is 0.423 e. The number of methoxy groups -OCH3 is 1. The minimum Gasteiger partial charge on any atom is -0.480 e. The van der Waals surface area contributed by atoms with Crippen LogP contribution in [0, 0.1) is 0 Å². The van der Waals surface area contributed by atoms with Gasteiger partial charge in [0.05, 0.1) is 7.11 Å². The van der Waals surface area contributed by atoms with Crippen molar-refractivity contribution < 1.29 is 27.5 Å². The molecule has 0 spiro atoms. The van der Waals surface area contributed by atoms with Crippen LogP contribution in [-0.4, -0.2) is 45.9 Å². The number of nitrogens with one attached hydrogen (secondary N) is 2. The predicted octanol–water partition coefficient (Wildman–Crippen LogP) is 4.01. The summed E-state index contributed by atoms with van der Waals surface area (Å²) in [7, 11) is 1.13. The van der Waals surface area contributed by atoms with Crippen LogP contribution in [0.3, 0.4) is 0 Å². The van der Waals surface area contributed by atoms with Crippen LogP contribution in [0.5, 0.6) is 5.88 Å². The Labute approximate surface area is 194 Å². The van der Waals surface area contributed by atoms with Gasteiger partial charge in [0.15, 0.2) is 0 Å². The van der Waals surface area contributed by atoms with E-state index in [1.807, 2.05) is 11.0 Å². The van der Waals surface area contributed by atoms with Gasteiger partial charge in [-0.3, -0.25) is 9.59 Å². The highest BCUT2D eigenvalue weighted by Gasteiger charge is 2.37. The third-order valence-corrected chi connectivity index (χ3v) is 6.07. The van der Waals surface area contributed by atoms with E-state index in [4.69, 9.17) is 4.74 Å². The Bertz CT molecular complexity index is 1120. The second-order valence-electron chi connectivity index (χ2n) is 8.27. The Morgan fingerprint density at radius 2 is 2.12 bits per heavy atom. The van der Waals surface area contributed by atoms with E-state index < -0.39 is 17.6 Å². The van der Waals surface area contributed by atoms with Gasteiger partial charge in [0.2, 0.25) is 17.7 Å². The van der Waals surface area contributed by atoms with Crippen molar-refractivity contribution in [3.8, 4) is 5.88 Å². The second-order valence-corrected chi connectivity index (χ2v) is 8.27. The number of rotatable bonds is 6. The number of carbonyl (C=O) groups is 2. The minimum absolute atomic E-state index is 0.0475. The van der Waals surface area contributed by atoms with Crippen LogP contribution >= 0.6 is 0 Å². The summed E-state index contributed by atoms with van der Waals surface area (Å²) in [5.74, 6) is -0.954. The summed E-state index contributed by atoms with van der Waals surface area (Å²) in [6.07, 6.45) is 0.280. The lowest BCUT2D eigenvalue weighted by atomic mass is 9.90. The van der Waals surface area contributed by atoms with Crippen molar-refractivity contribution in [2.75, 3.05) is 17.7 Å². The molecule has 1 aliphatic carbocycles. The molecular weight excluding hydrogens is 451 g/mol. The van der Waals surface area contributed by atoms with Crippen molar-refractivity contribution in [2.24, 2.45) is 0 Å². The Morgan fingerprint density at radius 3 is 2.82 bits per heavy atom. The fraction of sp³-hybridized carbons (Fsp3) is 0.391. The van der Waals surface area contributed by atoms with E-state index in [2.05, 4.69) is 27.2 Å². The van der Waals surface area contributed by atoms with Crippen molar-refractivity contribution in [1.29, 1.82) is 0 Å². The van der Waals surface area contributed by atoms with Crippen molar-refractivity contribution in [1.82, 2.24) is 14.9 Å². The monoisotopic (exact) mass is 475 g/mol. The number of ether oxygens (including phenoxy) is 1. The van der Waals surface area contributed by atoms with Gasteiger partial charge in [0.25, 0.3) is 5.91 Å². The zero-order chi connectivity index (χ0) is 24.5. The number of carbonyl (C=O) groups excluding carboxylic acids is 2. The Morgan fingerprint density at radius 1 is 1.32 bits per heavy atom. The first-order valence-corrected chi connectivity index (χ1v) is 10.8. The molecule has 34 heavy (non-hydrogen) atoms. The van der Waals surface area contributed by atoms with Gasteiger partial charge < -0.3 is 20.3 Å². The molecule has 1 saturated carbocycles. The molecule has 0 unspecified atom stereocenters. The summed E-state index contributed by atoms with van der Waals surface area (Å²) >= 11 is 0. The first-order valence-electron chi connectivity index (χ1n) is 10.8. The summed E-state index contributed by atoms with van der Waals surface area (Å²) in [5.41, 5.74) is 0.918. The van der Waals surface area contributed by atoms with Gasteiger partial charge in [0, 0.05) is 36.1 Å². The maximum atomic E-state index is 13.1. The predicted molar refractivity (Wildman–Crippen MR) is 118 cm³/mol. The van der Waals surface area contributed by atoms with Crippen LogP contribution in [0.25, 0.3) is 0 Å². The molecule has 11 heteroatoms. The Hall–Kier alpha value is -3.63. The average Bonchev–Trinajstić information content (AvgIpc) is 3.14.